The molecule has 104 valence electrons. The minimum atomic E-state index is 0.601. The summed E-state index contributed by atoms with van der Waals surface area (Å²) in [6, 6.07) is 1.36. The van der Waals surface area contributed by atoms with Gasteiger partial charge in [0.25, 0.3) is 0 Å². The molecule has 0 aromatic carbocycles. The van der Waals surface area contributed by atoms with Crippen LogP contribution in [0.15, 0.2) is 4.99 Å². The van der Waals surface area contributed by atoms with Crippen LogP contribution in [0.4, 0.5) is 0 Å². The molecule has 0 aromatic heterocycles. The number of hydrogen-bond acceptors (Lipinski definition) is 3. The molecule has 1 saturated carbocycles. The van der Waals surface area contributed by atoms with E-state index in [0.29, 0.717) is 12.0 Å². The Labute approximate surface area is 110 Å². The molecule has 2 fully saturated rings. The van der Waals surface area contributed by atoms with Crippen LogP contribution in [-0.4, -0.2) is 68.1 Å². The SMILES string of the molecule is CN(C)C1CCN(CCN=C(N)NC2CC2)CC1. The maximum Gasteiger partial charge on any atom is 0.188 e. The number of aliphatic imine (C=N–C) groups is 1. The molecule has 2 aliphatic rings. The summed E-state index contributed by atoms with van der Waals surface area (Å²) in [6.07, 6.45) is 5.03. The molecule has 0 bridgehead atoms. The molecule has 0 unspecified atom stereocenters. The first-order valence-corrected chi connectivity index (χ1v) is 7.10. The van der Waals surface area contributed by atoms with Gasteiger partial charge in [-0.2, -0.15) is 0 Å². The third-order valence-electron chi connectivity index (χ3n) is 3.92. The van der Waals surface area contributed by atoms with Gasteiger partial charge in [0, 0.05) is 18.6 Å². The van der Waals surface area contributed by atoms with E-state index in [2.05, 4.69) is 34.2 Å². The average molecular weight is 253 g/mol. The predicted molar refractivity (Wildman–Crippen MR) is 75.8 cm³/mol. The van der Waals surface area contributed by atoms with E-state index in [1.54, 1.807) is 0 Å². The van der Waals surface area contributed by atoms with Crippen LogP contribution in [-0.2, 0) is 0 Å². The summed E-state index contributed by atoms with van der Waals surface area (Å²) in [7, 11) is 4.35. The summed E-state index contributed by atoms with van der Waals surface area (Å²) in [6.45, 7) is 4.23. The molecule has 1 saturated heterocycles. The molecule has 5 nitrogen and oxygen atoms in total. The van der Waals surface area contributed by atoms with Crippen LogP contribution in [0.5, 0.6) is 0 Å². The highest BCUT2D eigenvalue weighted by Gasteiger charge is 2.22. The number of hydrogen-bond donors (Lipinski definition) is 2. The first-order chi connectivity index (χ1) is 8.65. The first-order valence-electron chi connectivity index (χ1n) is 7.10. The summed E-state index contributed by atoms with van der Waals surface area (Å²) in [4.78, 5) is 9.22. The lowest BCUT2D eigenvalue weighted by atomic mass is 10.0. The molecule has 0 radical (unpaired) electrons. The van der Waals surface area contributed by atoms with Crippen molar-refractivity contribution in [3.63, 3.8) is 0 Å². The monoisotopic (exact) mass is 253 g/mol. The fraction of sp³-hybridized carbons (Fsp3) is 0.923. The first kappa shape index (κ1) is 13.6. The topological polar surface area (TPSA) is 56.9 Å². The minimum absolute atomic E-state index is 0.601. The quantitative estimate of drug-likeness (QED) is 0.538. The summed E-state index contributed by atoms with van der Waals surface area (Å²) in [5.74, 6) is 0.626. The average Bonchev–Trinajstić information content (AvgIpc) is 3.13. The minimum Gasteiger partial charge on any atom is -0.370 e. The highest BCUT2D eigenvalue weighted by atomic mass is 15.2. The fourth-order valence-corrected chi connectivity index (χ4v) is 2.45. The number of piperidine rings is 1. The van der Waals surface area contributed by atoms with Gasteiger partial charge in [0.15, 0.2) is 5.96 Å². The van der Waals surface area contributed by atoms with Gasteiger partial charge < -0.3 is 20.9 Å². The van der Waals surface area contributed by atoms with E-state index in [1.165, 1.54) is 38.8 Å². The van der Waals surface area contributed by atoms with Gasteiger partial charge in [-0.1, -0.05) is 0 Å². The van der Waals surface area contributed by atoms with Crippen LogP contribution in [0, 0.1) is 0 Å². The summed E-state index contributed by atoms with van der Waals surface area (Å²) >= 11 is 0. The van der Waals surface area contributed by atoms with Crippen molar-refractivity contribution in [1.82, 2.24) is 15.1 Å². The normalized spacial score (nSPS) is 23.6. The molecule has 1 aliphatic heterocycles. The molecule has 0 atom stereocenters. The van der Waals surface area contributed by atoms with Gasteiger partial charge >= 0.3 is 0 Å². The zero-order valence-electron chi connectivity index (χ0n) is 11.7. The number of nitrogens with one attached hydrogen (secondary N) is 1. The predicted octanol–water partition coefficient (Wildman–Crippen LogP) is 0.0791. The van der Waals surface area contributed by atoms with Crippen LogP contribution in [0.2, 0.25) is 0 Å². The maximum absolute atomic E-state index is 5.81. The zero-order valence-corrected chi connectivity index (χ0v) is 11.7. The van der Waals surface area contributed by atoms with Crippen molar-refractivity contribution in [3.05, 3.63) is 0 Å². The Morgan fingerprint density at radius 2 is 1.94 bits per heavy atom. The second kappa shape index (κ2) is 6.38. The lowest BCUT2D eigenvalue weighted by Crippen LogP contribution is -2.43. The van der Waals surface area contributed by atoms with Crippen molar-refractivity contribution < 1.29 is 0 Å². The summed E-state index contributed by atoms with van der Waals surface area (Å²) in [5.41, 5.74) is 5.81. The Kier molecular flexibility index (Phi) is 4.83. The fourth-order valence-electron chi connectivity index (χ4n) is 2.45. The van der Waals surface area contributed by atoms with Crippen LogP contribution in [0.3, 0.4) is 0 Å². The lowest BCUT2D eigenvalue weighted by molar-refractivity contribution is 0.148. The maximum atomic E-state index is 5.81. The van der Waals surface area contributed by atoms with Crippen molar-refractivity contribution in [2.24, 2.45) is 10.7 Å². The molecule has 1 heterocycles. The highest BCUT2D eigenvalue weighted by molar-refractivity contribution is 5.78. The summed E-state index contributed by atoms with van der Waals surface area (Å²) in [5, 5.41) is 3.22. The zero-order chi connectivity index (χ0) is 13.0. The number of rotatable bonds is 5. The molecule has 2 rings (SSSR count). The molecule has 18 heavy (non-hydrogen) atoms. The van der Waals surface area contributed by atoms with E-state index in [9.17, 15) is 0 Å². The van der Waals surface area contributed by atoms with Gasteiger partial charge in [-0.05, 0) is 52.9 Å². The van der Waals surface area contributed by atoms with E-state index in [-0.39, 0.29) is 0 Å². The Hall–Kier alpha value is -0.810. The van der Waals surface area contributed by atoms with Gasteiger partial charge in [0.1, 0.15) is 0 Å². The molecule has 0 aromatic rings. The largest absolute Gasteiger partial charge is 0.370 e. The van der Waals surface area contributed by atoms with Crippen LogP contribution in [0.25, 0.3) is 0 Å². The van der Waals surface area contributed by atoms with Crippen LogP contribution in [0.1, 0.15) is 25.7 Å². The Morgan fingerprint density at radius 1 is 1.28 bits per heavy atom. The summed E-state index contributed by atoms with van der Waals surface area (Å²) < 4.78 is 0. The number of nitrogens with two attached hydrogens (primary N) is 1. The van der Waals surface area contributed by atoms with E-state index in [0.717, 1.165) is 19.1 Å². The van der Waals surface area contributed by atoms with Crippen molar-refractivity contribution in [2.75, 3.05) is 40.3 Å². The van der Waals surface area contributed by atoms with Gasteiger partial charge in [-0.3, -0.25) is 4.99 Å². The van der Waals surface area contributed by atoms with E-state index in [4.69, 9.17) is 5.73 Å². The van der Waals surface area contributed by atoms with E-state index in [1.807, 2.05) is 0 Å². The van der Waals surface area contributed by atoms with Crippen LogP contribution < -0.4 is 11.1 Å². The Morgan fingerprint density at radius 3 is 2.50 bits per heavy atom. The number of nitrogens with zero attached hydrogens (tertiary/aromatic N) is 3. The second-order valence-electron chi connectivity index (χ2n) is 5.72. The number of guanidine groups is 1. The van der Waals surface area contributed by atoms with Crippen molar-refractivity contribution >= 4 is 5.96 Å². The third kappa shape index (κ3) is 4.46. The van der Waals surface area contributed by atoms with Crippen molar-refractivity contribution in [1.29, 1.82) is 0 Å². The van der Waals surface area contributed by atoms with E-state index < -0.39 is 0 Å². The lowest BCUT2D eigenvalue weighted by Gasteiger charge is -2.34. The van der Waals surface area contributed by atoms with Crippen LogP contribution >= 0.6 is 0 Å². The Bertz CT molecular complexity index is 277. The molecule has 0 amide bonds. The van der Waals surface area contributed by atoms with Crippen molar-refractivity contribution in [3.8, 4) is 0 Å². The molecular formula is C13H27N5. The van der Waals surface area contributed by atoms with Gasteiger partial charge in [0.2, 0.25) is 0 Å². The molecule has 0 spiro atoms. The molecule has 5 heteroatoms. The van der Waals surface area contributed by atoms with Crippen molar-refractivity contribution in [2.45, 2.75) is 37.8 Å². The molecule has 1 aliphatic carbocycles. The van der Waals surface area contributed by atoms with Gasteiger partial charge in [-0.15, -0.1) is 0 Å². The highest BCUT2D eigenvalue weighted by Crippen LogP contribution is 2.18. The molecule has 3 N–H and O–H groups in total. The standard InChI is InChI=1S/C13H27N5/c1-17(2)12-5-8-18(9-6-12)10-7-15-13(14)16-11-3-4-11/h11-12H,3-10H2,1-2H3,(H3,14,15,16). The second-order valence-corrected chi connectivity index (χ2v) is 5.72. The third-order valence-corrected chi connectivity index (χ3v) is 3.92. The Balaban J connectivity index is 1.59. The number of likely N-dealkylation sites (tertiary alicyclic amines) is 1. The van der Waals surface area contributed by atoms with Gasteiger partial charge in [0.05, 0.1) is 6.54 Å². The van der Waals surface area contributed by atoms with E-state index >= 15 is 0 Å². The molecular weight excluding hydrogens is 226 g/mol. The smallest absolute Gasteiger partial charge is 0.188 e. The van der Waals surface area contributed by atoms with Gasteiger partial charge in [-0.25, -0.2) is 0 Å².